The first-order valence-corrected chi connectivity index (χ1v) is 23.5. The number of thioether (sulfide) groups is 1. The van der Waals surface area contributed by atoms with E-state index >= 15 is 0 Å². The minimum atomic E-state index is -4.58. The molecule has 1 atom stereocenters. The van der Waals surface area contributed by atoms with Crippen LogP contribution in [0.5, 0.6) is 0 Å². The van der Waals surface area contributed by atoms with Gasteiger partial charge in [0.2, 0.25) is 0 Å². The smallest absolute Gasteiger partial charge is 0.376 e. The Kier molecular flexibility index (Phi) is 14.2. The third-order valence-electron chi connectivity index (χ3n) is 11.3. The lowest BCUT2D eigenvalue weighted by Crippen LogP contribution is -2.46. The summed E-state index contributed by atoms with van der Waals surface area (Å²) < 4.78 is 75.3. The molecule has 6 aromatic rings. The number of aromatic nitrogens is 1. The summed E-state index contributed by atoms with van der Waals surface area (Å²) in [6.45, 7) is 4.63. The zero-order valence-corrected chi connectivity index (χ0v) is 38.2. The van der Waals surface area contributed by atoms with Crippen molar-refractivity contribution < 1.29 is 26.5 Å². The summed E-state index contributed by atoms with van der Waals surface area (Å²) in [5, 5.41) is 16.1. The largest absolute Gasteiger partial charge is 0.418 e. The summed E-state index contributed by atoms with van der Waals surface area (Å²) in [5.74, 6) is 0.646. The van der Waals surface area contributed by atoms with Gasteiger partial charge in [0.1, 0.15) is 5.69 Å². The summed E-state index contributed by atoms with van der Waals surface area (Å²) in [6.07, 6.45) is -3.87. The number of nitrogens with zero attached hydrogens (tertiary/aromatic N) is 5. The highest BCUT2D eigenvalue weighted by atomic mass is 35.5. The number of sulfonamides is 1. The maximum absolute atomic E-state index is 14.7. The first-order valence-electron chi connectivity index (χ1n) is 20.6. The number of piperazine rings is 1. The van der Waals surface area contributed by atoms with E-state index in [0.29, 0.717) is 60.2 Å². The Morgan fingerprint density at radius 2 is 1.50 bits per heavy atom. The Morgan fingerprint density at radius 3 is 2.12 bits per heavy atom. The Bertz CT molecular complexity index is 2690. The van der Waals surface area contributed by atoms with Gasteiger partial charge < -0.3 is 24.6 Å². The maximum Gasteiger partial charge on any atom is 0.418 e. The number of hydrogen-bond acceptors (Lipinski definition) is 9. The molecule has 17 heteroatoms. The van der Waals surface area contributed by atoms with Crippen molar-refractivity contribution in [2.75, 3.05) is 72.4 Å². The molecule has 5 aromatic carbocycles. The predicted molar refractivity (Wildman–Crippen MR) is 254 cm³/mol. The fourth-order valence-corrected chi connectivity index (χ4v) is 10.1. The number of alkyl halides is 3. The number of nitrogens with one attached hydrogen (secondary N) is 2. The number of nitro benzene ring substituents is 1. The molecule has 336 valence electrons. The van der Waals surface area contributed by atoms with E-state index in [1.807, 2.05) is 61.5 Å². The van der Waals surface area contributed by atoms with Crippen molar-refractivity contribution in [3.05, 3.63) is 148 Å². The van der Waals surface area contributed by atoms with Crippen LogP contribution < -0.4 is 19.8 Å². The lowest BCUT2D eigenvalue weighted by atomic mass is 9.96. The summed E-state index contributed by atoms with van der Waals surface area (Å²) >= 11 is 7.77. The van der Waals surface area contributed by atoms with Crippen molar-refractivity contribution in [2.45, 2.75) is 35.4 Å². The van der Waals surface area contributed by atoms with Crippen LogP contribution in [0.15, 0.2) is 131 Å². The van der Waals surface area contributed by atoms with Gasteiger partial charge in [0.05, 0.1) is 21.1 Å². The first kappa shape index (κ1) is 46.3. The highest BCUT2D eigenvalue weighted by molar-refractivity contribution is 7.99. The predicted octanol–water partition coefficient (Wildman–Crippen LogP) is 10.9. The normalized spacial score (nSPS) is 13.9. The molecule has 0 aliphatic carbocycles. The summed E-state index contributed by atoms with van der Waals surface area (Å²) in [6, 6.07) is 34.5. The molecule has 0 bridgehead atoms. The number of benzene rings is 5. The quantitative estimate of drug-likeness (QED) is 0.0556. The zero-order chi connectivity index (χ0) is 45.8. The van der Waals surface area contributed by atoms with Gasteiger partial charge in [0.25, 0.3) is 15.7 Å². The molecule has 0 unspecified atom stereocenters. The summed E-state index contributed by atoms with van der Waals surface area (Å²) in [7, 11) is 1.37. The van der Waals surface area contributed by atoms with E-state index in [1.54, 1.807) is 84.0 Å². The molecule has 2 N–H and O–H groups in total. The van der Waals surface area contributed by atoms with Crippen molar-refractivity contribution >= 4 is 61.8 Å². The van der Waals surface area contributed by atoms with Crippen molar-refractivity contribution in [3.63, 3.8) is 0 Å². The molecule has 1 saturated heterocycles. The van der Waals surface area contributed by atoms with Crippen LogP contribution >= 0.6 is 23.4 Å². The molecule has 1 aliphatic rings. The second-order valence-corrected chi connectivity index (χ2v) is 19.1. The molecule has 0 radical (unpaired) electrons. The molecule has 0 spiro atoms. The maximum atomic E-state index is 14.7. The van der Waals surface area contributed by atoms with Gasteiger partial charge in [-0.05, 0) is 118 Å². The van der Waals surface area contributed by atoms with E-state index in [9.17, 15) is 31.7 Å². The average molecular weight is 933 g/mol. The first-order chi connectivity index (χ1) is 30.5. The van der Waals surface area contributed by atoms with Gasteiger partial charge in [0, 0.05) is 89.3 Å². The Morgan fingerprint density at radius 1 is 0.844 bits per heavy atom. The molecule has 11 nitrogen and oxygen atoms in total. The van der Waals surface area contributed by atoms with Gasteiger partial charge in [-0.15, -0.1) is 11.8 Å². The number of anilines is 4. The summed E-state index contributed by atoms with van der Waals surface area (Å²) in [5.41, 5.74) is 2.95. The standard InChI is InChI=1S/C47H49ClF3N7O4S2/c1-32-45(47(49,50)51)44(46(55(32)4)33-13-15-35(48)16-14-33)34-9-8-10-39(29-34)57-27-25-56(26-28-57)38-19-17-36(18-20-38)53-64(61,62)41-21-22-42(43(30-41)58(59)60)52-37(23-24-54(2)3)31-63-40-11-6-5-7-12-40/h5-22,29-30,37,52-53H,23-28,31H2,1-4H3/t37-/m1/s1. The molecule has 1 fully saturated rings. The van der Waals surface area contributed by atoms with Crippen LogP contribution in [-0.4, -0.2) is 81.4 Å². The van der Waals surface area contributed by atoms with E-state index in [0.717, 1.165) is 28.9 Å². The average Bonchev–Trinajstić information content (AvgIpc) is 3.55. The van der Waals surface area contributed by atoms with Gasteiger partial charge in [-0.2, -0.15) is 13.2 Å². The molecule has 0 amide bonds. The number of rotatable bonds is 16. The molecule has 1 aromatic heterocycles. The van der Waals surface area contributed by atoms with E-state index in [-0.39, 0.29) is 39.3 Å². The monoisotopic (exact) mass is 931 g/mol. The van der Waals surface area contributed by atoms with Gasteiger partial charge in [-0.25, -0.2) is 8.42 Å². The Hall–Kier alpha value is -5.68. The highest BCUT2D eigenvalue weighted by Gasteiger charge is 2.40. The van der Waals surface area contributed by atoms with Crippen LogP contribution in [0, 0.1) is 17.0 Å². The Balaban J connectivity index is 1.02. The third-order valence-corrected chi connectivity index (χ3v) is 14.1. The molecule has 1 aliphatic heterocycles. The second-order valence-electron chi connectivity index (χ2n) is 15.9. The minimum absolute atomic E-state index is 0.116. The number of hydrogen-bond donors (Lipinski definition) is 2. The molecule has 7 rings (SSSR count). The number of halogens is 4. The fraction of sp³-hybridized carbons (Fsp3) is 0.277. The molecule has 0 saturated carbocycles. The van der Waals surface area contributed by atoms with Gasteiger partial charge in [-0.1, -0.05) is 54.1 Å². The minimum Gasteiger partial charge on any atom is -0.376 e. The third kappa shape index (κ3) is 10.8. The van der Waals surface area contributed by atoms with E-state index < -0.39 is 26.7 Å². The van der Waals surface area contributed by atoms with Crippen molar-refractivity contribution in [1.82, 2.24) is 9.47 Å². The van der Waals surface area contributed by atoms with Crippen LogP contribution in [0.3, 0.4) is 0 Å². The second kappa shape index (κ2) is 19.6. The van der Waals surface area contributed by atoms with E-state index in [4.69, 9.17) is 11.6 Å². The van der Waals surface area contributed by atoms with Crippen LogP contribution in [0.1, 0.15) is 17.7 Å². The molecule has 2 heterocycles. The zero-order valence-electron chi connectivity index (χ0n) is 35.8. The van der Waals surface area contributed by atoms with Gasteiger partial charge >= 0.3 is 6.18 Å². The highest BCUT2D eigenvalue weighted by Crippen LogP contribution is 2.47. The van der Waals surface area contributed by atoms with Gasteiger partial charge in [-0.3, -0.25) is 14.8 Å². The van der Waals surface area contributed by atoms with Crippen LogP contribution in [0.4, 0.5) is 41.6 Å². The van der Waals surface area contributed by atoms with Crippen molar-refractivity contribution in [1.29, 1.82) is 0 Å². The van der Waals surface area contributed by atoms with Crippen molar-refractivity contribution in [2.24, 2.45) is 7.05 Å². The molecule has 64 heavy (non-hydrogen) atoms. The number of nitro groups is 1. The molecular weight excluding hydrogens is 883 g/mol. The van der Waals surface area contributed by atoms with Crippen LogP contribution in [0.25, 0.3) is 22.4 Å². The van der Waals surface area contributed by atoms with Crippen molar-refractivity contribution in [3.8, 4) is 22.4 Å². The van der Waals surface area contributed by atoms with Gasteiger partial charge in [0.15, 0.2) is 0 Å². The van der Waals surface area contributed by atoms with Crippen LogP contribution in [-0.2, 0) is 23.2 Å². The summed E-state index contributed by atoms with van der Waals surface area (Å²) in [4.78, 5) is 18.9. The lowest BCUT2D eigenvalue weighted by Gasteiger charge is -2.37. The Labute approximate surface area is 381 Å². The SMILES string of the molecule is Cc1c(C(F)(F)F)c(-c2cccc(N3CCN(c4ccc(NS(=O)(=O)c5ccc(N[C@H](CCN(C)C)CSc6ccccc6)c([N+](=O)[O-])c5)cc4)CC3)c2)c(-c2ccc(Cl)cc2)n1C. The lowest BCUT2D eigenvalue weighted by molar-refractivity contribution is -0.384. The van der Waals surface area contributed by atoms with E-state index in [1.165, 1.54) is 19.1 Å². The van der Waals surface area contributed by atoms with Crippen LogP contribution in [0.2, 0.25) is 5.02 Å². The molecular formula is C47H49ClF3N7O4S2. The fourth-order valence-electron chi connectivity index (χ4n) is 7.91. The topological polar surface area (TPSA) is 116 Å². The van der Waals surface area contributed by atoms with E-state index in [2.05, 4.69) is 19.8 Å².